The van der Waals surface area contributed by atoms with Crippen molar-refractivity contribution in [2.24, 2.45) is 5.92 Å². The highest BCUT2D eigenvalue weighted by Crippen LogP contribution is 2.39. The minimum absolute atomic E-state index is 0.139. The molecule has 88 valence electrons. The number of nitrogens with zero attached hydrogens (tertiary/aromatic N) is 1. The van der Waals surface area contributed by atoms with Crippen LogP contribution in [-0.4, -0.2) is 28.9 Å². The lowest BCUT2D eigenvalue weighted by atomic mass is 9.76. The Bertz CT molecular complexity index is 329. The molecular formula is C12H19N3O. The summed E-state index contributed by atoms with van der Waals surface area (Å²) >= 11 is 0. The highest BCUT2D eigenvalue weighted by atomic mass is 16.2. The Morgan fingerprint density at radius 2 is 2.25 bits per heavy atom. The van der Waals surface area contributed by atoms with Gasteiger partial charge in [-0.25, -0.2) is 4.79 Å². The lowest BCUT2D eigenvalue weighted by Gasteiger charge is -2.41. The molecule has 0 aromatic heterocycles. The lowest BCUT2D eigenvalue weighted by Crippen LogP contribution is -2.51. The van der Waals surface area contributed by atoms with Crippen LogP contribution >= 0.6 is 0 Å². The van der Waals surface area contributed by atoms with Gasteiger partial charge in [-0.15, -0.1) is 6.58 Å². The monoisotopic (exact) mass is 221 g/mol. The van der Waals surface area contributed by atoms with Gasteiger partial charge >= 0.3 is 6.03 Å². The first-order valence-electron chi connectivity index (χ1n) is 5.89. The largest absolute Gasteiger partial charge is 0.323 e. The number of hydrogen-bond donors (Lipinski definition) is 2. The zero-order chi connectivity index (χ0) is 11.8. The van der Waals surface area contributed by atoms with E-state index in [1.807, 2.05) is 0 Å². The second-order valence-electron chi connectivity index (χ2n) is 4.92. The number of nitrogens with one attached hydrogen (secondary N) is 2. The van der Waals surface area contributed by atoms with Crippen molar-refractivity contribution < 1.29 is 4.79 Å². The fourth-order valence-electron chi connectivity index (χ4n) is 2.77. The summed E-state index contributed by atoms with van der Waals surface area (Å²) < 4.78 is 0. The minimum Gasteiger partial charge on any atom is -0.308 e. The van der Waals surface area contributed by atoms with Crippen LogP contribution < -0.4 is 5.32 Å². The van der Waals surface area contributed by atoms with Gasteiger partial charge in [0.25, 0.3) is 0 Å². The normalized spacial score (nSPS) is 34.3. The number of carbonyl (C=O) groups is 1. The van der Waals surface area contributed by atoms with Crippen LogP contribution in [0.15, 0.2) is 12.7 Å². The van der Waals surface area contributed by atoms with Gasteiger partial charge in [0.1, 0.15) is 11.4 Å². The van der Waals surface area contributed by atoms with Crippen LogP contribution in [0.4, 0.5) is 4.79 Å². The van der Waals surface area contributed by atoms with Gasteiger partial charge < -0.3 is 4.90 Å². The van der Waals surface area contributed by atoms with E-state index in [1.165, 1.54) is 0 Å². The third-order valence-electron chi connectivity index (χ3n) is 3.87. The van der Waals surface area contributed by atoms with E-state index in [-0.39, 0.29) is 11.6 Å². The Morgan fingerprint density at radius 1 is 1.62 bits per heavy atom. The molecule has 1 aliphatic carbocycles. The molecule has 1 aliphatic heterocycles. The average molecular weight is 221 g/mol. The molecule has 2 aliphatic rings. The Balaban J connectivity index is 2.25. The Morgan fingerprint density at radius 3 is 2.81 bits per heavy atom. The predicted molar refractivity (Wildman–Crippen MR) is 63.5 cm³/mol. The van der Waals surface area contributed by atoms with Crippen molar-refractivity contribution in [2.75, 3.05) is 6.54 Å². The average Bonchev–Trinajstić information content (AvgIpc) is 2.48. The molecule has 2 amide bonds. The van der Waals surface area contributed by atoms with Crippen LogP contribution in [0.5, 0.6) is 0 Å². The number of rotatable bonds is 2. The molecule has 1 saturated carbocycles. The van der Waals surface area contributed by atoms with Gasteiger partial charge in [-0.1, -0.05) is 13.0 Å². The zero-order valence-electron chi connectivity index (χ0n) is 9.75. The second kappa shape index (κ2) is 3.92. The SMILES string of the molecule is C=CCN1C(=O)NC(=N)C12CCC(C)CC2. The molecule has 0 atom stereocenters. The van der Waals surface area contributed by atoms with Crippen molar-refractivity contribution in [1.82, 2.24) is 10.2 Å². The molecular weight excluding hydrogens is 202 g/mol. The molecule has 2 rings (SSSR count). The van der Waals surface area contributed by atoms with Crippen molar-refractivity contribution in [1.29, 1.82) is 5.41 Å². The molecule has 16 heavy (non-hydrogen) atoms. The van der Waals surface area contributed by atoms with Crippen molar-refractivity contribution in [3.63, 3.8) is 0 Å². The van der Waals surface area contributed by atoms with Gasteiger partial charge in [-0.05, 0) is 31.6 Å². The maximum absolute atomic E-state index is 11.8. The molecule has 0 aromatic carbocycles. The van der Waals surface area contributed by atoms with E-state index >= 15 is 0 Å². The van der Waals surface area contributed by atoms with Gasteiger partial charge in [0, 0.05) is 6.54 Å². The lowest BCUT2D eigenvalue weighted by molar-refractivity contribution is 0.141. The van der Waals surface area contributed by atoms with E-state index in [9.17, 15) is 4.79 Å². The quantitative estimate of drug-likeness (QED) is 0.689. The fraction of sp³-hybridized carbons (Fsp3) is 0.667. The number of carbonyl (C=O) groups excluding carboxylic acids is 1. The summed E-state index contributed by atoms with van der Waals surface area (Å²) in [7, 11) is 0. The van der Waals surface area contributed by atoms with Gasteiger partial charge in [0.2, 0.25) is 0 Å². The number of urea groups is 1. The van der Waals surface area contributed by atoms with Crippen LogP contribution in [0.2, 0.25) is 0 Å². The van der Waals surface area contributed by atoms with E-state index in [0.29, 0.717) is 18.3 Å². The van der Waals surface area contributed by atoms with Crippen molar-refractivity contribution in [3.8, 4) is 0 Å². The summed E-state index contributed by atoms with van der Waals surface area (Å²) in [5.74, 6) is 1.09. The second-order valence-corrected chi connectivity index (χ2v) is 4.92. The molecule has 1 saturated heterocycles. The van der Waals surface area contributed by atoms with E-state index in [4.69, 9.17) is 5.41 Å². The van der Waals surface area contributed by atoms with Crippen LogP contribution in [0.3, 0.4) is 0 Å². The first-order chi connectivity index (χ1) is 7.60. The summed E-state index contributed by atoms with van der Waals surface area (Å²) in [5.41, 5.74) is -0.363. The smallest absolute Gasteiger partial charge is 0.308 e. The first-order valence-corrected chi connectivity index (χ1v) is 5.89. The minimum atomic E-state index is -0.363. The maximum Gasteiger partial charge on any atom is 0.323 e. The molecule has 0 aromatic rings. The van der Waals surface area contributed by atoms with Gasteiger partial charge in [-0.3, -0.25) is 10.7 Å². The Labute approximate surface area is 96.2 Å². The van der Waals surface area contributed by atoms with Gasteiger partial charge in [0.15, 0.2) is 0 Å². The Hall–Kier alpha value is -1.32. The summed E-state index contributed by atoms with van der Waals surface area (Å²) in [5, 5.41) is 10.6. The maximum atomic E-state index is 11.8. The van der Waals surface area contributed by atoms with Crippen LogP contribution in [0.25, 0.3) is 0 Å². The summed E-state index contributed by atoms with van der Waals surface area (Å²) in [4.78, 5) is 13.5. The topological polar surface area (TPSA) is 56.2 Å². The van der Waals surface area contributed by atoms with Gasteiger partial charge in [-0.2, -0.15) is 0 Å². The summed E-state index contributed by atoms with van der Waals surface area (Å²) in [6.45, 7) is 6.45. The molecule has 4 nitrogen and oxygen atoms in total. The van der Waals surface area contributed by atoms with Crippen LogP contribution in [0, 0.1) is 11.3 Å². The molecule has 1 heterocycles. The highest BCUT2D eigenvalue weighted by Gasteiger charge is 2.50. The molecule has 2 N–H and O–H groups in total. The predicted octanol–water partition coefficient (Wildman–Crippen LogP) is 2.12. The third-order valence-corrected chi connectivity index (χ3v) is 3.87. The van der Waals surface area contributed by atoms with E-state index in [2.05, 4.69) is 18.8 Å². The number of hydrogen-bond acceptors (Lipinski definition) is 2. The van der Waals surface area contributed by atoms with Crippen LogP contribution in [-0.2, 0) is 0 Å². The van der Waals surface area contributed by atoms with Crippen molar-refractivity contribution in [2.45, 2.75) is 38.1 Å². The Kier molecular flexibility index (Phi) is 2.74. The molecule has 0 radical (unpaired) electrons. The molecule has 0 bridgehead atoms. The first kappa shape index (κ1) is 11.2. The molecule has 2 fully saturated rings. The third kappa shape index (κ3) is 1.52. The summed E-state index contributed by atoms with van der Waals surface area (Å²) in [6, 6.07) is -0.139. The number of amidine groups is 1. The van der Waals surface area contributed by atoms with E-state index in [0.717, 1.165) is 25.7 Å². The highest BCUT2D eigenvalue weighted by molar-refractivity contribution is 6.08. The van der Waals surface area contributed by atoms with Crippen molar-refractivity contribution in [3.05, 3.63) is 12.7 Å². The summed E-state index contributed by atoms with van der Waals surface area (Å²) in [6.07, 6.45) is 5.72. The molecule has 1 spiro atoms. The van der Waals surface area contributed by atoms with Crippen LogP contribution in [0.1, 0.15) is 32.6 Å². The van der Waals surface area contributed by atoms with E-state index < -0.39 is 0 Å². The van der Waals surface area contributed by atoms with Gasteiger partial charge in [0.05, 0.1) is 0 Å². The zero-order valence-corrected chi connectivity index (χ0v) is 9.75. The fourth-order valence-corrected chi connectivity index (χ4v) is 2.77. The standard InChI is InChI=1S/C12H19N3O/c1-3-8-15-11(16)14-10(13)12(15)6-4-9(2)5-7-12/h3,9H,1,4-8H2,2H3,(H2,13,14,16). The molecule has 0 unspecified atom stereocenters. The molecule has 4 heteroatoms. The van der Waals surface area contributed by atoms with E-state index in [1.54, 1.807) is 11.0 Å². The van der Waals surface area contributed by atoms with Crippen molar-refractivity contribution >= 4 is 11.9 Å². The number of amides is 2.